The maximum absolute atomic E-state index is 12.4. The molecular formula is C22H21N3O3. The molecule has 0 fully saturated rings. The van der Waals surface area contributed by atoms with Crippen LogP contribution in [0.25, 0.3) is 0 Å². The molecular weight excluding hydrogens is 354 g/mol. The van der Waals surface area contributed by atoms with Crippen LogP contribution in [0.4, 0.5) is 5.69 Å². The molecule has 0 spiro atoms. The van der Waals surface area contributed by atoms with Crippen molar-refractivity contribution in [3.05, 3.63) is 89.2 Å². The number of amides is 2. The van der Waals surface area contributed by atoms with E-state index in [1.807, 2.05) is 31.2 Å². The highest BCUT2D eigenvalue weighted by molar-refractivity contribution is 6.04. The highest BCUT2D eigenvalue weighted by Crippen LogP contribution is 2.16. The molecule has 1 heterocycles. The van der Waals surface area contributed by atoms with Crippen LogP contribution in [0.5, 0.6) is 5.75 Å². The Kier molecular flexibility index (Phi) is 6.01. The van der Waals surface area contributed by atoms with Gasteiger partial charge in [-0.05, 0) is 48.9 Å². The van der Waals surface area contributed by atoms with Crippen molar-refractivity contribution in [2.45, 2.75) is 13.5 Å². The Balaban J connectivity index is 1.65. The van der Waals surface area contributed by atoms with Crippen molar-refractivity contribution in [3.8, 4) is 5.75 Å². The number of hydrogen-bond acceptors (Lipinski definition) is 4. The van der Waals surface area contributed by atoms with Gasteiger partial charge in [-0.2, -0.15) is 0 Å². The first kappa shape index (κ1) is 19.1. The SMILES string of the molecule is COc1ccc(NC(=O)c2cc(C(=O)NCc3cccc(C)c3)ccn2)cc1. The summed E-state index contributed by atoms with van der Waals surface area (Å²) >= 11 is 0. The number of nitrogens with one attached hydrogen (secondary N) is 2. The fraction of sp³-hybridized carbons (Fsp3) is 0.136. The number of carbonyl (C=O) groups excluding carboxylic acids is 2. The van der Waals surface area contributed by atoms with E-state index in [4.69, 9.17) is 4.74 Å². The summed E-state index contributed by atoms with van der Waals surface area (Å²) < 4.78 is 5.09. The van der Waals surface area contributed by atoms with E-state index >= 15 is 0 Å². The molecule has 0 radical (unpaired) electrons. The summed E-state index contributed by atoms with van der Waals surface area (Å²) in [6.45, 7) is 2.41. The number of aromatic nitrogens is 1. The number of rotatable bonds is 6. The number of pyridine rings is 1. The predicted molar refractivity (Wildman–Crippen MR) is 108 cm³/mol. The lowest BCUT2D eigenvalue weighted by Gasteiger charge is -2.08. The molecule has 2 N–H and O–H groups in total. The molecule has 2 amide bonds. The largest absolute Gasteiger partial charge is 0.497 e. The summed E-state index contributed by atoms with van der Waals surface area (Å²) in [7, 11) is 1.58. The molecule has 6 heteroatoms. The first-order valence-electron chi connectivity index (χ1n) is 8.80. The number of benzene rings is 2. The molecule has 1 aromatic heterocycles. The molecule has 6 nitrogen and oxygen atoms in total. The van der Waals surface area contributed by atoms with Crippen LogP contribution < -0.4 is 15.4 Å². The van der Waals surface area contributed by atoms with Crippen LogP contribution in [-0.2, 0) is 6.54 Å². The van der Waals surface area contributed by atoms with Gasteiger partial charge in [-0.15, -0.1) is 0 Å². The lowest BCUT2D eigenvalue weighted by Crippen LogP contribution is -2.23. The van der Waals surface area contributed by atoms with Gasteiger partial charge in [0.2, 0.25) is 0 Å². The highest BCUT2D eigenvalue weighted by atomic mass is 16.5. The molecule has 0 aliphatic carbocycles. The molecule has 0 saturated carbocycles. The smallest absolute Gasteiger partial charge is 0.274 e. The third-order valence-corrected chi connectivity index (χ3v) is 4.14. The number of hydrogen-bond donors (Lipinski definition) is 2. The topological polar surface area (TPSA) is 80.3 Å². The van der Waals surface area contributed by atoms with Crippen LogP contribution >= 0.6 is 0 Å². The van der Waals surface area contributed by atoms with Crippen molar-refractivity contribution < 1.29 is 14.3 Å². The predicted octanol–water partition coefficient (Wildman–Crippen LogP) is 3.58. The zero-order valence-electron chi connectivity index (χ0n) is 15.7. The van der Waals surface area contributed by atoms with E-state index < -0.39 is 5.91 Å². The van der Waals surface area contributed by atoms with E-state index in [1.165, 1.54) is 12.3 Å². The monoisotopic (exact) mass is 375 g/mol. The Hall–Kier alpha value is -3.67. The molecule has 0 saturated heterocycles. The Morgan fingerprint density at radius 3 is 2.50 bits per heavy atom. The van der Waals surface area contributed by atoms with E-state index in [0.29, 0.717) is 23.5 Å². The molecule has 142 valence electrons. The Bertz CT molecular complexity index is 984. The minimum atomic E-state index is -0.390. The van der Waals surface area contributed by atoms with Gasteiger partial charge in [-0.25, -0.2) is 0 Å². The average molecular weight is 375 g/mol. The number of ether oxygens (including phenoxy) is 1. The van der Waals surface area contributed by atoms with Crippen molar-refractivity contribution in [2.75, 3.05) is 12.4 Å². The third kappa shape index (κ3) is 4.94. The fourth-order valence-corrected chi connectivity index (χ4v) is 2.67. The summed E-state index contributed by atoms with van der Waals surface area (Å²) in [6, 6.07) is 17.9. The van der Waals surface area contributed by atoms with Crippen molar-refractivity contribution in [1.82, 2.24) is 10.3 Å². The zero-order valence-corrected chi connectivity index (χ0v) is 15.7. The van der Waals surface area contributed by atoms with Crippen LogP contribution in [0.1, 0.15) is 32.0 Å². The van der Waals surface area contributed by atoms with Crippen molar-refractivity contribution in [3.63, 3.8) is 0 Å². The standard InChI is InChI=1S/C22H21N3O3/c1-15-4-3-5-16(12-15)14-24-21(26)17-10-11-23-20(13-17)22(27)25-18-6-8-19(28-2)9-7-18/h3-13H,14H2,1-2H3,(H,24,26)(H,25,27). The van der Waals surface area contributed by atoms with Crippen molar-refractivity contribution in [1.29, 1.82) is 0 Å². The lowest BCUT2D eigenvalue weighted by atomic mass is 10.1. The highest BCUT2D eigenvalue weighted by Gasteiger charge is 2.12. The van der Waals surface area contributed by atoms with E-state index in [2.05, 4.69) is 15.6 Å². The van der Waals surface area contributed by atoms with Gasteiger partial charge < -0.3 is 15.4 Å². The van der Waals surface area contributed by atoms with Gasteiger partial charge in [0.05, 0.1) is 7.11 Å². The molecule has 3 aromatic rings. The van der Waals surface area contributed by atoms with Gasteiger partial charge in [-0.1, -0.05) is 29.8 Å². The molecule has 0 unspecified atom stereocenters. The molecule has 3 rings (SSSR count). The zero-order chi connectivity index (χ0) is 19.9. The van der Waals surface area contributed by atoms with E-state index in [1.54, 1.807) is 37.4 Å². The second-order valence-corrected chi connectivity index (χ2v) is 6.28. The Morgan fingerprint density at radius 2 is 1.79 bits per heavy atom. The molecule has 0 bridgehead atoms. The third-order valence-electron chi connectivity index (χ3n) is 4.14. The minimum Gasteiger partial charge on any atom is -0.497 e. The molecule has 0 aliphatic heterocycles. The van der Waals surface area contributed by atoms with Crippen LogP contribution in [0.2, 0.25) is 0 Å². The average Bonchev–Trinajstić information content (AvgIpc) is 2.72. The molecule has 0 aliphatic rings. The van der Waals surface area contributed by atoms with Gasteiger partial charge in [0.1, 0.15) is 11.4 Å². The van der Waals surface area contributed by atoms with Crippen LogP contribution in [0, 0.1) is 6.92 Å². The van der Waals surface area contributed by atoms with Crippen LogP contribution in [0.15, 0.2) is 66.9 Å². The molecule has 0 atom stereocenters. The second-order valence-electron chi connectivity index (χ2n) is 6.28. The first-order chi connectivity index (χ1) is 13.5. The number of anilines is 1. The fourth-order valence-electron chi connectivity index (χ4n) is 2.67. The maximum Gasteiger partial charge on any atom is 0.274 e. The molecule has 2 aromatic carbocycles. The van der Waals surface area contributed by atoms with Crippen LogP contribution in [0.3, 0.4) is 0 Å². The van der Waals surface area contributed by atoms with E-state index in [9.17, 15) is 9.59 Å². The quantitative estimate of drug-likeness (QED) is 0.690. The number of methoxy groups -OCH3 is 1. The van der Waals surface area contributed by atoms with Crippen molar-refractivity contribution >= 4 is 17.5 Å². The van der Waals surface area contributed by atoms with E-state index in [-0.39, 0.29) is 11.6 Å². The van der Waals surface area contributed by atoms with Gasteiger partial charge >= 0.3 is 0 Å². The first-order valence-corrected chi connectivity index (χ1v) is 8.80. The minimum absolute atomic E-state index is 0.166. The number of nitrogens with zero attached hydrogens (tertiary/aromatic N) is 1. The lowest BCUT2D eigenvalue weighted by molar-refractivity contribution is 0.0950. The second kappa shape index (κ2) is 8.81. The summed E-state index contributed by atoms with van der Waals surface area (Å²) in [5, 5.41) is 5.61. The van der Waals surface area contributed by atoms with Crippen molar-refractivity contribution in [2.24, 2.45) is 0 Å². The summed E-state index contributed by atoms with van der Waals surface area (Å²) in [6.07, 6.45) is 1.45. The Morgan fingerprint density at radius 1 is 1.00 bits per heavy atom. The number of aryl methyl sites for hydroxylation is 1. The van der Waals surface area contributed by atoms with Gasteiger partial charge in [0, 0.05) is 24.0 Å². The summed E-state index contributed by atoms with van der Waals surface area (Å²) in [5.41, 5.74) is 3.30. The number of carbonyl (C=O) groups is 2. The van der Waals surface area contributed by atoms with Crippen LogP contribution in [-0.4, -0.2) is 23.9 Å². The van der Waals surface area contributed by atoms with E-state index in [0.717, 1.165) is 11.1 Å². The normalized spacial score (nSPS) is 10.2. The van der Waals surface area contributed by atoms with Gasteiger partial charge in [0.25, 0.3) is 11.8 Å². The molecule has 28 heavy (non-hydrogen) atoms. The Labute approximate surface area is 163 Å². The summed E-state index contributed by atoms with van der Waals surface area (Å²) in [4.78, 5) is 28.9. The van der Waals surface area contributed by atoms with Gasteiger partial charge in [0.15, 0.2) is 0 Å². The van der Waals surface area contributed by atoms with Gasteiger partial charge in [-0.3, -0.25) is 14.6 Å². The summed E-state index contributed by atoms with van der Waals surface area (Å²) in [5.74, 6) is 0.0457. The maximum atomic E-state index is 12.4.